The average Bonchev–Trinajstić information content (AvgIpc) is 2.76. The van der Waals surface area contributed by atoms with Crippen molar-refractivity contribution in [3.63, 3.8) is 0 Å². The van der Waals surface area contributed by atoms with Crippen molar-refractivity contribution in [2.24, 2.45) is 5.92 Å². The van der Waals surface area contributed by atoms with Gasteiger partial charge in [0.1, 0.15) is 0 Å². The number of aliphatic carboxylic acids is 1. The summed E-state index contributed by atoms with van der Waals surface area (Å²) in [6.07, 6.45) is 2.86. The van der Waals surface area contributed by atoms with Gasteiger partial charge in [-0.15, -0.1) is 0 Å². The van der Waals surface area contributed by atoms with Crippen molar-refractivity contribution in [1.29, 1.82) is 0 Å². The molecule has 1 aromatic heterocycles. The van der Waals surface area contributed by atoms with Crippen LogP contribution in [0.1, 0.15) is 38.9 Å². The number of nitrogens with zero attached hydrogens (tertiary/aromatic N) is 2. The molecule has 102 valence electrons. The van der Waals surface area contributed by atoms with E-state index < -0.39 is 22.7 Å². The number of hydrogen-bond acceptors (Lipinski definition) is 3. The Bertz CT molecular complexity index is 431. The van der Waals surface area contributed by atoms with Gasteiger partial charge >= 0.3 is 5.97 Å². The second-order valence-electron chi connectivity index (χ2n) is 4.53. The Labute approximate surface area is 110 Å². The molecule has 0 aliphatic rings. The number of carbonyl (C=O) groups is 1. The van der Waals surface area contributed by atoms with Crippen molar-refractivity contribution >= 4 is 16.8 Å². The van der Waals surface area contributed by atoms with Crippen molar-refractivity contribution in [3.05, 3.63) is 18.0 Å². The van der Waals surface area contributed by atoms with Gasteiger partial charge in [-0.2, -0.15) is 5.10 Å². The van der Waals surface area contributed by atoms with Gasteiger partial charge in [0, 0.05) is 28.8 Å². The van der Waals surface area contributed by atoms with Crippen molar-refractivity contribution < 1.29 is 14.1 Å². The summed E-state index contributed by atoms with van der Waals surface area (Å²) in [7, 11) is -1.18. The number of hydrogen-bond donors (Lipinski definition) is 1. The number of rotatable bonds is 7. The first-order chi connectivity index (χ1) is 8.43. The van der Waals surface area contributed by atoms with E-state index in [9.17, 15) is 9.00 Å². The molecule has 0 bridgehead atoms. The Kier molecular flexibility index (Phi) is 5.53. The van der Waals surface area contributed by atoms with Gasteiger partial charge in [-0.05, 0) is 19.4 Å². The zero-order valence-electron chi connectivity index (χ0n) is 11.0. The molecule has 0 aliphatic carbocycles. The Morgan fingerprint density at radius 2 is 2.22 bits per heavy atom. The van der Waals surface area contributed by atoms with Crippen LogP contribution in [0.3, 0.4) is 0 Å². The molecule has 0 saturated carbocycles. The van der Waals surface area contributed by atoms with E-state index in [2.05, 4.69) is 18.9 Å². The summed E-state index contributed by atoms with van der Waals surface area (Å²) >= 11 is 0. The predicted octanol–water partition coefficient (Wildman–Crippen LogP) is 1.82. The van der Waals surface area contributed by atoms with E-state index >= 15 is 0 Å². The highest BCUT2D eigenvalue weighted by Gasteiger charge is 2.16. The van der Waals surface area contributed by atoms with Crippen LogP contribution in [0.2, 0.25) is 0 Å². The van der Waals surface area contributed by atoms with E-state index in [0.717, 1.165) is 12.1 Å². The van der Waals surface area contributed by atoms with Crippen LogP contribution in [0.5, 0.6) is 0 Å². The highest BCUT2D eigenvalue weighted by atomic mass is 32.2. The lowest BCUT2D eigenvalue weighted by Crippen LogP contribution is -2.18. The Balaban J connectivity index is 2.55. The molecular weight excluding hydrogens is 252 g/mol. The SMILES string of the molecule is CCC(C)n1ccc(CS(=O)CC(C)C(=O)O)n1. The van der Waals surface area contributed by atoms with Gasteiger partial charge in [0.25, 0.3) is 0 Å². The summed E-state index contributed by atoms with van der Waals surface area (Å²) in [6.45, 7) is 5.72. The topological polar surface area (TPSA) is 72.2 Å². The molecule has 0 amide bonds. The summed E-state index contributed by atoms with van der Waals surface area (Å²) in [6, 6.07) is 2.17. The number of aromatic nitrogens is 2. The molecule has 6 heteroatoms. The van der Waals surface area contributed by atoms with Crippen LogP contribution in [0.4, 0.5) is 0 Å². The van der Waals surface area contributed by atoms with Crippen LogP contribution < -0.4 is 0 Å². The first-order valence-electron chi connectivity index (χ1n) is 6.05. The van der Waals surface area contributed by atoms with Gasteiger partial charge in [-0.3, -0.25) is 13.7 Å². The van der Waals surface area contributed by atoms with E-state index in [0.29, 0.717) is 11.8 Å². The third-order valence-electron chi connectivity index (χ3n) is 2.87. The van der Waals surface area contributed by atoms with Crippen molar-refractivity contribution in [2.45, 2.75) is 39.0 Å². The third kappa shape index (κ3) is 4.25. The average molecular weight is 272 g/mol. The summed E-state index contributed by atoms with van der Waals surface area (Å²) in [5, 5.41) is 13.1. The molecule has 1 N–H and O–H groups in total. The third-order valence-corrected chi connectivity index (χ3v) is 4.36. The fourth-order valence-electron chi connectivity index (χ4n) is 1.46. The lowest BCUT2D eigenvalue weighted by Gasteiger charge is -2.08. The van der Waals surface area contributed by atoms with Crippen LogP contribution in [0, 0.1) is 5.92 Å². The molecular formula is C12H20N2O3S. The zero-order chi connectivity index (χ0) is 13.7. The van der Waals surface area contributed by atoms with Crippen LogP contribution in [0.15, 0.2) is 12.3 Å². The predicted molar refractivity (Wildman–Crippen MR) is 70.7 cm³/mol. The highest BCUT2D eigenvalue weighted by molar-refractivity contribution is 7.84. The molecule has 0 radical (unpaired) electrons. The van der Waals surface area contributed by atoms with Gasteiger partial charge in [0.2, 0.25) is 0 Å². The summed E-state index contributed by atoms with van der Waals surface area (Å²) in [5.74, 6) is -0.997. The molecule has 0 aromatic carbocycles. The van der Waals surface area contributed by atoms with Gasteiger partial charge in [0.05, 0.1) is 17.4 Å². The fourth-order valence-corrected chi connectivity index (χ4v) is 2.76. The normalized spacial score (nSPS) is 16.2. The van der Waals surface area contributed by atoms with E-state index in [1.807, 2.05) is 16.9 Å². The molecule has 18 heavy (non-hydrogen) atoms. The number of carboxylic acids is 1. The van der Waals surface area contributed by atoms with Crippen LogP contribution in [0.25, 0.3) is 0 Å². The van der Waals surface area contributed by atoms with E-state index in [1.165, 1.54) is 0 Å². The lowest BCUT2D eigenvalue weighted by molar-refractivity contribution is -0.140. The van der Waals surface area contributed by atoms with E-state index in [1.54, 1.807) is 6.92 Å². The Hall–Kier alpha value is -1.17. The first-order valence-corrected chi connectivity index (χ1v) is 7.54. The van der Waals surface area contributed by atoms with Crippen molar-refractivity contribution in [3.8, 4) is 0 Å². The van der Waals surface area contributed by atoms with Gasteiger partial charge < -0.3 is 5.11 Å². The maximum absolute atomic E-state index is 11.8. The number of carboxylic acid groups (broad SMARTS) is 1. The standard InChI is InChI=1S/C12H20N2O3S/c1-4-10(3)14-6-5-11(13-14)8-18(17)7-9(2)12(15)16/h5-6,9-10H,4,7-8H2,1-3H3,(H,15,16). The largest absolute Gasteiger partial charge is 0.481 e. The highest BCUT2D eigenvalue weighted by Crippen LogP contribution is 2.11. The molecule has 1 heterocycles. The molecule has 0 saturated heterocycles. The van der Waals surface area contributed by atoms with Crippen molar-refractivity contribution in [2.75, 3.05) is 5.75 Å². The first kappa shape index (κ1) is 14.9. The zero-order valence-corrected chi connectivity index (χ0v) is 11.8. The lowest BCUT2D eigenvalue weighted by atomic mass is 10.2. The molecule has 0 fully saturated rings. The second-order valence-corrected chi connectivity index (χ2v) is 6.04. The van der Waals surface area contributed by atoms with E-state index in [-0.39, 0.29) is 5.75 Å². The molecule has 0 aliphatic heterocycles. The summed E-state index contributed by atoms with van der Waals surface area (Å²) < 4.78 is 13.6. The second kappa shape index (κ2) is 6.68. The minimum atomic E-state index is -1.18. The van der Waals surface area contributed by atoms with Crippen LogP contribution in [-0.2, 0) is 21.3 Å². The molecule has 5 nitrogen and oxygen atoms in total. The molecule has 1 rings (SSSR count). The fraction of sp³-hybridized carbons (Fsp3) is 0.667. The molecule has 1 aromatic rings. The van der Waals surface area contributed by atoms with Gasteiger partial charge in [-0.1, -0.05) is 13.8 Å². The Morgan fingerprint density at radius 3 is 2.78 bits per heavy atom. The summed E-state index contributed by atoms with van der Waals surface area (Å²) in [4.78, 5) is 10.7. The van der Waals surface area contributed by atoms with Crippen LogP contribution in [-0.4, -0.2) is 30.8 Å². The maximum Gasteiger partial charge on any atom is 0.307 e. The van der Waals surface area contributed by atoms with Gasteiger partial charge in [0.15, 0.2) is 0 Å². The Morgan fingerprint density at radius 1 is 1.56 bits per heavy atom. The minimum Gasteiger partial charge on any atom is -0.481 e. The van der Waals surface area contributed by atoms with Crippen molar-refractivity contribution in [1.82, 2.24) is 9.78 Å². The van der Waals surface area contributed by atoms with Crippen LogP contribution >= 0.6 is 0 Å². The smallest absolute Gasteiger partial charge is 0.307 e. The molecule has 0 spiro atoms. The monoisotopic (exact) mass is 272 g/mol. The van der Waals surface area contributed by atoms with Gasteiger partial charge in [-0.25, -0.2) is 0 Å². The molecule has 3 atom stereocenters. The molecule has 3 unspecified atom stereocenters. The summed E-state index contributed by atoms with van der Waals surface area (Å²) in [5.41, 5.74) is 0.756. The quantitative estimate of drug-likeness (QED) is 0.822. The van der Waals surface area contributed by atoms with E-state index in [4.69, 9.17) is 5.11 Å². The minimum absolute atomic E-state index is 0.172. The maximum atomic E-state index is 11.8.